The lowest BCUT2D eigenvalue weighted by atomic mass is 10.0. The zero-order valence-electron chi connectivity index (χ0n) is 12.3. The summed E-state index contributed by atoms with van der Waals surface area (Å²) in [4.78, 5) is 12.3. The smallest absolute Gasteiger partial charge is 0.269 e. The maximum Gasteiger partial charge on any atom is 0.269 e. The molecular weight excluding hydrogens is 248 g/mol. The van der Waals surface area contributed by atoms with Gasteiger partial charge in [-0.3, -0.25) is 4.79 Å². The maximum absolute atomic E-state index is 12.3. The summed E-state index contributed by atoms with van der Waals surface area (Å²) in [5.41, 5.74) is 4.23. The molecular formula is C17H18N2O. The van der Waals surface area contributed by atoms with Crippen LogP contribution in [0.5, 0.6) is 0 Å². The van der Waals surface area contributed by atoms with E-state index in [0.29, 0.717) is 0 Å². The van der Waals surface area contributed by atoms with Gasteiger partial charge in [-0.25, -0.2) is 0 Å². The van der Waals surface area contributed by atoms with Crippen LogP contribution in [-0.4, -0.2) is 4.57 Å². The van der Waals surface area contributed by atoms with Crippen molar-refractivity contribution < 1.29 is 0 Å². The second kappa shape index (κ2) is 5.34. The monoisotopic (exact) mass is 266 g/mol. The Kier molecular flexibility index (Phi) is 3.76. The predicted octanol–water partition coefficient (Wildman–Crippen LogP) is 3.58. The van der Waals surface area contributed by atoms with E-state index in [4.69, 9.17) is 5.26 Å². The number of nitrogens with zero attached hydrogens (tertiary/aromatic N) is 2. The lowest BCUT2D eigenvalue weighted by Gasteiger charge is -2.17. The van der Waals surface area contributed by atoms with Gasteiger partial charge < -0.3 is 4.57 Å². The second-order valence-corrected chi connectivity index (χ2v) is 5.31. The first kappa shape index (κ1) is 14.1. The molecule has 0 aliphatic rings. The molecule has 1 aromatic heterocycles. The van der Waals surface area contributed by atoms with Crippen molar-refractivity contribution in [2.24, 2.45) is 0 Å². The molecule has 0 unspecified atom stereocenters. The molecule has 1 heterocycles. The molecule has 0 fully saturated rings. The third-order valence-electron chi connectivity index (χ3n) is 3.56. The first-order valence-corrected chi connectivity index (χ1v) is 6.69. The third kappa shape index (κ3) is 2.37. The number of aryl methyl sites for hydroxylation is 2. The molecule has 2 aromatic rings. The van der Waals surface area contributed by atoms with E-state index >= 15 is 0 Å². The summed E-state index contributed by atoms with van der Waals surface area (Å²) in [6.07, 6.45) is 0. The Labute approximate surface area is 119 Å². The highest BCUT2D eigenvalue weighted by Gasteiger charge is 2.13. The molecule has 20 heavy (non-hydrogen) atoms. The molecule has 0 bridgehead atoms. The molecule has 0 spiro atoms. The van der Waals surface area contributed by atoms with Crippen LogP contribution in [-0.2, 0) is 0 Å². The summed E-state index contributed by atoms with van der Waals surface area (Å²) < 4.78 is 1.68. The van der Waals surface area contributed by atoms with Crippen LogP contribution in [0.25, 0.3) is 11.3 Å². The van der Waals surface area contributed by atoms with Gasteiger partial charge in [-0.05, 0) is 62.6 Å². The van der Waals surface area contributed by atoms with Gasteiger partial charge >= 0.3 is 0 Å². The first-order chi connectivity index (χ1) is 9.45. The number of rotatable bonds is 2. The standard InChI is InChI=1S/C17H18N2O/c1-11(2)19-16(8-7-15(10-18)17(19)20)14-6-5-12(3)13(4)9-14/h5-9,11H,1-4H3. The SMILES string of the molecule is Cc1ccc(-c2ccc(C#N)c(=O)n2C(C)C)cc1C. The maximum atomic E-state index is 12.3. The van der Waals surface area contributed by atoms with E-state index in [1.54, 1.807) is 10.6 Å². The van der Waals surface area contributed by atoms with Gasteiger partial charge in [-0.1, -0.05) is 12.1 Å². The fraction of sp³-hybridized carbons (Fsp3) is 0.294. The van der Waals surface area contributed by atoms with E-state index in [-0.39, 0.29) is 17.2 Å². The summed E-state index contributed by atoms with van der Waals surface area (Å²) in [5, 5.41) is 9.00. The topological polar surface area (TPSA) is 45.8 Å². The van der Waals surface area contributed by atoms with E-state index in [1.165, 1.54) is 11.1 Å². The Morgan fingerprint density at radius 1 is 1.10 bits per heavy atom. The van der Waals surface area contributed by atoms with Gasteiger partial charge in [-0.2, -0.15) is 5.26 Å². The molecule has 1 aromatic carbocycles. The van der Waals surface area contributed by atoms with E-state index < -0.39 is 0 Å². The van der Waals surface area contributed by atoms with Gasteiger partial charge in [0.15, 0.2) is 0 Å². The number of aromatic nitrogens is 1. The second-order valence-electron chi connectivity index (χ2n) is 5.31. The van der Waals surface area contributed by atoms with Crippen molar-refractivity contribution >= 4 is 0 Å². The number of hydrogen-bond donors (Lipinski definition) is 0. The lowest BCUT2D eigenvalue weighted by Crippen LogP contribution is -2.25. The van der Waals surface area contributed by atoms with Gasteiger partial charge in [0.2, 0.25) is 0 Å². The Hall–Kier alpha value is -2.34. The molecule has 0 atom stereocenters. The van der Waals surface area contributed by atoms with E-state index in [2.05, 4.69) is 26.0 Å². The number of hydrogen-bond acceptors (Lipinski definition) is 2. The van der Waals surface area contributed by atoms with Crippen LogP contribution >= 0.6 is 0 Å². The van der Waals surface area contributed by atoms with Crippen molar-refractivity contribution in [3.05, 3.63) is 57.4 Å². The van der Waals surface area contributed by atoms with Crippen LogP contribution < -0.4 is 5.56 Å². The van der Waals surface area contributed by atoms with Crippen LogP contribution in [0.15, 0.2) is 35.1 Å². The molecule has 0 N–H and O–H groups in total. The minimum absolute atomic E-state index is 0.00686. The summed E-state index contributed by atoms with van der Waals surface area (Å²) in [6, 6.07) is 11.6. The molecule has 3 nitrogen and oxygen atoms in total. The largest absolute Gasteiger partial charge is 0.305 e. The molecule has 102 valence electrons. The zero-order valence-corrected chi connectivity index (χ0v) is 12.3. The number of nitriles is 1. The van der Waals surface area contributed by atoms with Crippen LogP contribution in [0.4, 0.5) is 0 Å². The van der Waals surface area contributed by atoms with E-state index in [0.717, 1.165) is 11.3 Å². The highest BCUT2D eigenvalue weighted by atomic mass is 16.1. The molecule has 0 amide bonds. The molecule has 0 saturated carbocycles. The van der Waals surface area contributed by atoms with Crippen molar-refractivity contribution in [3.63, 3.8) is 0 Å². The average molecular weight is 266 g/mol. The highest BCUT2D eigenvalue weighted by molar-refractivity contribution is 5.62. The molecule has 3 heteroatoms. The number of benzene rings is 1. The molecule has 0 aliphatic carbocycles. The first-order valence-electron chi connectivity index (χ1n) is 6.69. The molecule has 0 saturated heterocycles. The van der Waals surface area contributed by atoms with Crippen LogP contribution in [0.3, 0.4) is 0 Å². The highest BCUT2D eigenvalue weighted by Crippen LogP contribution is 2.23. The van der Waals surface area contributed by atoms with Crippen molar-refractivity contribution in [2.45, 2.75) is 33.7 Å². The third-order valence-corrected chi connectivity index (χ3v) is 3.56. The summed E-state index contributed by atoms with van der Waals surface area (Å²) in [7, 11) is 0. The molecule has 0 aliphatic heterocycles. The normalized spacial score (nSPS) is 10.6. The minimum Gasteiger partial charge on any atom is -0.305 e. The lowest BCUT2D eigenvalue weighted by molar-refractivity contribution is 0.584. The van der Waals surface area contributed by atoms with Gasteiger partial charge in [-0.15, -0.1) is 0 Å². The Balaban J connectivity index is 2.74. The number of pyridine rings is 1. The summed E-state index contributed by atoms with van der Waals surface area (Å²) >= 11 is 0. The summed E-state index contributed by atoms with van der Waals surface area (Å²) in [5.74, 6) is 0. The Morgan fingerprint density at radius 3 is 2.35 bits per heavy atom. The van der Waals surface area contributed by atoms with E-state index in [1.807, 2.05) is 32.0 Å². The Morgan fingerprint density at radius 2 is 1.80 bits per heavy atom. The van der Waals surface area contributed by atoms with Crippen molar-refractivity contribution in [3.8, 4) is 17.3 Å². The van der Waals surface area contributed by atoms with Crippen molar-refractivity contribution in [1.29, 1.82) is 5.26 Å². The minimum atomic E-state index is -0.224. The predicted molar refractivity (Wildman–Crippen MR) is 80.7 cm³/mol. The summed E-state index contributed by atoms with van der Waals surface area (Å²) in [6.45, 7) is 8.02. The average Bonchev–Trinajstić information content (AvgIpc) is 2.41. The fourth-order valence-electron chi connectivity index (χ4n) is 2.29. The van der Waals surface area contributed by atoms with Crippen LogP contribution in [0.2, 0.25) is 0 Å². The van der Waals surface area contributed by atoms with Crippen LogP contribution in [0.1, 0.15) is 36.6 Å². The van der Waals surface area contributed by atoms with Gasteiger partial charge in [0, 0.05) is 6.04 Å². The van der Waals surface area contributed by atoms with Gasteiger partial charge in [0.25, 0.3) is 5.56 Å². The van der Waals surface area contributed by atoms with Crippen LogP contribution in [0, 0.1) is 25.2 Å². The van der Waals surface area contributed by atoms with Crippen molar-refractivity contribution in [2.75, 3.05) is 0 Å². The van der Waals surface area contributed by atoms with Crippen molar-refractivity contribution in [1.82, 2.24) is 4.57 Å². The molecule has 0 radical (unpaired) electrons. The quantitative estimate of drug-likeness (QED) is 0.834. The van der Waals surface area contributed by atoms with Gasteiger partial charge in [0.05, 0.1) is 5.69 Å². The molecule has 2 rings (SSSR count). The van der Waals surface area contributed by atoms with E-state index in [9.17, 15) is 4.79 Å². The fourth-order valence-corrected chi connectivity index (χ4v) is 2.29. The zero-order chi connectivity index (χ0) is 14.9. The Bertz CT molecular complexity index is 749. The van der Waals surface area contributed by atoms with Gasteiger partial charge in [0.1, 0.15) is 11.6 Å².